The van der Waals surface area contributed by atoms with E-state index in [-0.39, 0.29) is 12.2 Å². The van der Waals surface area contributed by atoms with Gasteiger partial charge in [-0.2, -0.15) is 9.83 Å². The lowest BCUT2D eigenvalue weighted by Crippen LogP contribution is -2.32. The van der Waals surface area contributed by atoms with E-state index in [0.29, 0.717) is 43.5 Å². The highest BCUT2D eigenvalue weighted by atomic mass is 35.5. The van der Waals surface area contributed by atoms with Crippen LogP contribution in [0.15, 0.2) is 65.7 Å². The Bertz CT molecular complexity index is 1760. The fraction of sp³-hybridized carbons (Fsp3) is 0.0455. The zero-order chi connectivity index (χ0) is 23.4. The summed E-state index contributed by atoms with van der Waals surface area (Å²) >= 11 is 12.5. The van der Waals surface area contributed by atoms with Crippen molar-refractivity contribution in [1.29, 1.82) is 0 Å². The summed E-state index contributed by atoms with van der Waals surface area (Å²) in [5.74, 6) is 0. The molecule has 0 radical (unpaired) electrons. The highest BCUT2D eigenvalue weighted by molar-refractivity contribution is 6.35. The molecule has 0 bridgehead atoms. The first-order valence-corrected chi connectivity index (χ1v) is 10.9. The number of rotatable bonds is 4. The second-order valence-corrected chi connectivity index (χ2v) is 8.52. The van der Waals surface area contributed by atoms with Crippen LogP contribution in [0.5, 0.6) is 0 Å². The number of hydrogen-bond donors (Lipinski definition) is 2. The Morgan fingerprint density at radius 1 is 1.03 bits per heavy atom. The first-order valence-electron chi connectivity index (χ1n) is 10.1. The van der Waals surface area contributed by atoms with Crippen molar-refractivity contribution in [1.82, 2.24) is 34.7 Å². The second-order valence-electron chi connectivity index (χ2n) is 7.67. The van der Waals surface area contributed by atoms with Crippen molar-refractivity contribution in [2.45, 2.75) is 6.54 Å². The molecule has 0 saturated carbocycles. The van der Waals surface area contributed by atoms with E-state index >= 15 is 0 Å². The van der Waals surface area contributed by atoms with E-state index in [9.17, 15) is 10.0 Å². The number of pyridine rings is 1. The van der Waals surface area contributed by atoms with Crippen molar-refractivity contribution in [3.63, 3.8) is 0 Å². The molecule has 2 N–H and O–H groups in total. The number of imidazole rings is 1. The fourth-order valence-electron chi connectivity index (χ4n) is 3.94. The van der Waals surface area contributed by atoms with Crippen LogP contribution < -0.4 is 10.4 Å². The molecule has 0 fully saturated rings. The predicted molar refractivity (Wildman–Crippen MR) is 127 cm³/mol. The Balaban J connectivity index is 1.45. The van der Waals surface area contributed by atoms with E-state index in [0.717, 1.165) is 16.0 Å². The van der Waals surface area contributed by atoms with E-state index in [2.05, 4.69) is 25.4 Å². The standard InChI is InChI=1S/C22H14Cl2N8O2/c23-13-1-2-15(31(34)10-13)11-30-19(5-6-25-30)12-7-16(24)21-20(8-12)32(29-28-21)14-3-4-17-18(9-14)27-22(33)26-17/h1-10H,11H2,(H2,26,27,33). The third-order valence-electron chi connectivity index (χ3n) is 5.53. The number of nitrogens with one attached hydrogen (secondary N) is 2. The van der Waals surface area contributed by atoms with E-state index in [1.165, 1.54) is 6.20 Å². The Morgan fingerprint density at radius 2 is 1.88 bits per heavy atom. The molecule has 4 aromatic heterocycles. The molecule has 0 unspecified atom stereocenters. The highest BCUT2D eigenvalue weighted by Gasteiger charge is 2.17. The van der Waals surface area contributed by atoms with Crippen LogP contribution in [-0.4, -0.2) is 34.7 Å². The molecule has 168 valence electrons. The summed E-state index contributed by atoms with van der Waals surface area (Å²) in [4.78, 5) is 17.1. The van der Waals surface area contributed by atoms with Gasteiger partial charge < -0.3 is 15.2 Å². The predicted octanol–water partition coefficient (Wildman–Crippen LogP) is 3.44. The van der Waals surface area contributed by atoms with Crippen LogP contribution in [0.2, 0.25) is 10.0 Å². The average Bonchev–Trinajstić information content (AvgIpc) is 3.52. The number of H-pyrrole nitrogens is 2. The molecular formula is C22H14Cl2N8O2. The van der Waals surface area contributed by atoms with Crippen molar-refractivity contribution in [2.75, 3.05) is 0 Å². The lowest BCUT2D eigenvalue weighted by Gasteiger charge is -2.10. The molecule has 0 aliphatic heterocycles. The molecule has 4 heterocycles. The van der Waals surface area contributed by atoms with Crippen molar-refractivity contribution in [2.24, 2.45) is 0 Å². The zero-order valence-electron chi connectivity index (χ0n) is 17.2. The number of aromatic amines is 2. The van der Waals surface area contributed by atoms with E-state index in [4.69, 9.17) is 23.2 Å². The van der Waals surface area contributed by atoms with Gasteiger partial charge in [0.1, 0.15) is 17.1 Å². The minimum Gasteiger partial charge on any atom is -0.618 e. The molecule has 10 nitrogen and oxygen atoms in total. The monoisotopic (exact) mass is 492 g/mol. The van der Waals surface area contributed by atoms with Crippen LogP contribution in [0.1, 0.15) is 5.69 Å². The number of fused-ring (bicyclic) bond motifs is 2. The van der Waals surface area contributed by atoms with Gasteiger partial charge in [-0.3, -0.25) is 4.68 Å². The SMILES string of the molecule is O=c1[nH]c2ccc(-n3nnc4c(Cl)cc(-c5ccnn5Cc5ccc(Cl)c[n+]5[O-])cc43)cc2[nH]1. The molecule has 0 atom stereocenters. The third-order valence-corrected chi connectivity index (χ3v) is 6.04. The van der Waals surface area contributed by atoms with Gasteiger partial charge >= 0.3 is 5.69 Å². The van der Waals surface area contributed by atoms with Gasteiger partial charge in [-0.05, 0) is 42.5 Å². The maximum Gasteiger partial charge on any atom is 0.323 e. The highest BCUT2D eigenvalue weighted by Crippen LogP contribution is 2.31. The summed E-state index contributed by atoms with van der Waals surface area (Å²) in [6, 6.07) is 14.3. The molecule has 0 saturated heterocycles. The summed E-state index contributed by atoms with van der Waals surface area (Å²) in [7, 11) is 0. The first kappa shape index (κ1) is 20.5. The molecule has 2 aromatic carbocycles. The topological polar surface area (TPSA) is 124 Å². The zero-order valence-corrected chi connectivity index (χ0v) is 18.7. The molecule has 0 aliphatic rings. The van der Waals surface area contributed by atoms with Gasteiger partial charge in [0, 0.05) is 17.8 Å². The Labute approximate surface area is 200 Å². The Hall–Kier alpha value is -4.15. The first-order chi connectivity index (χ1) is 16.5. The van der Waals surface area contributed by atoms with Crippen molar-refractivity contribution < 1.29 is 4.73 Å². The van der Waals surface area contributed by atoms with Crippen LogP contribution in [0.4, 0.5) is 0 Å². The van der Waals surface area contributed by atoms with Crippen LogP contribution in [-0.2, 0) is 6.54 Å². The van der Waals surface area contributed by atoms with Crippen LogP contribution in [0, 0.1) is 5.21 Å². The smallest absolute Gasteiger partial charge is 0.323 e. The quantitative estimate of drug-likeness (QED) is 0.288. The number of benzene rings is 2. The lowest BCUT2D eigenvalue weighted by molar-refractivity contribution is -0.614. The van der Waals surface area contributed by atoms with E-state index in [1.807, 2.05) is 18.2 Å². The van der Waals surface area contributed by atoms with Crippen LogP contribution >= 0.6 is 23.2 Å². The lowest BCUT2D eigenvalue weighted by atomic mass is 10.1. The minimum atomic E-state index is -0.283. The van der Waals surface area contributed by atoms with Gasteiger partial charge in [-0.1, -0.05) is 28.4 Å². The molecule has 6 rings (SSSR count). The Kier molecular flexibility index (Phi) is 4.64. The molecule has 12 heteroatoms. The van der Waals surface area contributed by atoms with Crippen molar-refractivity contribution >= 4 is 45.3 Å². The number of nitrogens with zero attached hydrogens (tertiary/aromatic N) is 6. The van der Waals surface area contributed by atoms with Gasteiger partial charge in [0.2, 0.25) is 5.69 Å². The molecule has 6 aromatic rings. The van der Waals surface area contributed by atoms with Crippen LogP contribution in [0.25, 0.3) is 39.0 Å². The summed E-state index contributed by atoms with van der Waals surface area (Å²) in [6.07, 6.45) is 2.96. The Morgan fingerprint density at radius 3 is 2.74 bits per heavy atom. The summed E-state index contributed by atoms with van der Waals surface area (Å²) in [5, 5.41) is 25.9. The number of hydrogen-bond acceptors (Lipinski definition) is 5. The second kappa shape index (κ2) is 7.72. The van der Waals surface area contributed by atoms with E-state index < -0.39 is 0 Å². The minimum absolute atomic E-state index is 0.244. The summed E-state index contributed by atoms with van der Waals surface area (Å²) in [6.45, 7) is 0.244. The van der Waals surface area contributed by atoms with Crippen molar-refractivity contribution in [3.05, 3.63) is 92.4 Å². The summed E-state index contributed by atoms with van der Waals surface area (Å²) in [5.41, 5.74) is 5.01. The molecule has 0 spiro atoms. The fourth-order valence-corrected chi connectivity index (χ4v) is 4.34. The molecular weight excluding hydrogens is 479 g/mol. The van der Waals surface area contributed by atoms with E-state index in [1.54, 1.807) is 45.9 Å². The third kappa shape index (κ3) is 3.40. The molecule has 0 amide bonds. The normalized spacial score (nSPS) is 11.6. The van der Waals surface area contributed by atoms with Gasteiger partial charge in [0.05, 0.1) is 33.0 Å². The van der Waals surface area contributed by atoms with Gasteiger partial charge in [-0.15, -0.1) is 5.10 Å². The average molecular weight is 493 g/mol. The largest absolute Gasteiger partial charge is 0.618 e. The maximum absolute atomic E-state index is 12.2. The number of halogens is 2. The van der Waals surface area contributed by atoms with Gasteiger partial charge in [0.15, 0.2) is 6.20 Å². The molecule has 34 heavy (non-hydrogen) atoms. The summed E-state index contributed by atoms with van der Waals surface area (Å²) < 4.78 is 4.09. The van der Waals surface area contributed by atoms with Gasteiger partial charge in [0.25, 0.3) is 0 Å². The van der Waals surface area contributed by atoms with Crippen molar-refractivity contribution in [3.8, 4) is 16.9 Å². The van der Waals surface area contributed by atoms with Crippen LogP contribution in [0.3, 0.4) is 0 Å². The number of aromatic nitrogens is 8. The molecule has 0 aliphatic carbocycles. The maximum atomic E-state index is 12.2. The van der Waals surface area contributed by atoms with Gasteiger partial charge in [-0.25, -0.2) is 9.48 Å².